The number of amides is 1. The molecule has 3 aromatic heterocycles. The monoisotopic (exact) mass is 441 g/mol. The maximum atomic E-state index is 13.1. The summed E-state index contributed by atoms with van der Waals surface area (Å²) in [5.41, 5.74) is 2.00. The summed E-state index contributed by atoms with van der Waals surface area (Å²) in [6.45, 7) is 3.98. The minimum Gasteiger partial charge on any atom is -0.322 e. The third-order valence-corrected chi connectivity index (χ3v) is 6.30. The van der Waals surface area contributed by atoms with E-state index in [1.54, 1.807) is 23.0 Å². The minimum atomic E-state index is -3.88. The van der Waals surface area contributed by atoms with Gasteiger partial charge in [0, 0.05) is 11.7 Å². The van der Waals surface area contributed by atoms with Crippen molar-refractivity contribution in [3.05, 3.63) is 59.6 Å². The summed E-state index contributed by atoms with van der Waals surface area (Å²) in [5, 5.41) is 14.9. The largest absolute Gasteiger partial charge is 0.322 e. The van der Waals surface area contributed by atoms with E-state index in [-0.39, 0.29) is 10.9 Å². The highest BCUT2D eigenvalue weighted by atomic mass is 32.2. The second-order valence-corrected chi connectivity index (χ2v) is 9.49. The van der Waals surface area contributed by atoms with Gasteiger partial charge in [-0.15, -0.1) is 11.3 Å². The smallest absolute Gasteiger partial charge is 0.256 e. The first kappa shape index (κ1) is 20.2. The summed E-state index contributed by atoms with van der Waals surface area (Å²) in [6.07, 6.45) is 1.62. The number of pyridine rings is 1. The molecule has 0 spiro atoms. The molecule has 0 aliphatic carbocycles. The molecule has 1 amide bonds. The zero-order valence-corrected chi connectivity index (χ0v) is 17.9. The van der Waals surface area contributed by atoms with Gasteiger partial charge in [-0.2, -0.15) is 5.10 Å². The average Bonchev–Trinajstić information content (AvgIpc) is 3.36. The summed E-state index contributed by atoms with van der Waals surface area (Å²) in [6, 6.07) is 11.5. The van der Waals surface area contributed by atoms with Crippen LogP contribution in [0.1, 0.15) is 30.2 Å². The van der Waals surface area contributed by atoms with Crippen molar-refractivity contribution in [2.45, 2.75) is 24.8 Å². The lowest BCUT2D eigenvalue weighted by molar-refractivity contribution is 0.102. The molecule has 0 atom stereocenters. The standard InChI is InChI=1S/C20H19N5O3S2/c1-12(2)25-19-16(11-22-25)15(10-17(24-19)18-7-4-8-29-18)20(26)23-13-5-3-6-14(9-13)30(21,27)28/h3-12H,1-2H3,(H,23,26)(H2,21,27,28). The summed E-state index contributed by atoms with van der Waals surface area (Å²) >= 11 is 1.53. The Labute approximate surface area is 177 Å². The summed E-state index contributed by atoms with van der Waals surface area (Å²) < 4.78 is 25.0. The second kappa shape index (κ2) is 7.63. The van der Waals surface area contributed by atoms with Crippen molar-refractivity contribution in [1.82, 2.24) is 14.8 Å². The Bertz CT molecular complexity index is 1340. The maximum Gasteiger partial charge on any atom is 0.256 e. The van der Waals surface area contributed by atoms with E-state index in [1.165, 1.54) is 29.5 Å². The van der Waals surface area contributed by atoms with E-state index in [1.807, 2.05) is 31.4 Å². The number of nitrogens with two attached hydrogens (primary N) is 1. The van der Waals surface area contributed by atoms with Crippen molar-refractivity contribution in [3.8, 4) is 10.6 Å². The molecule has 1 aromatic carbocycles. The van der Waals surface area contributed by atoms with Crippen molar-refractivity contribution in [2.75, 3.05) is 5.32 Å². The van der Waals surface area contributed by atoms with Gasteiger partial charge in [0.15, 0.2) is 5.65 Å². The van der Waals surface area contributed by atoms with E-state index in [4.69, 9.17) is 10.1 Å². The number of fused-ring (bicyclic) bond motifs is 1. The van der Waals surface area contributed by atoms with E-state index in [0.29, 0.717) is 28.0 Å². The Morgan fingerprint density at radius 2 is 2.00 bits per heavy atom. The van der Waals surface area contributed by atoms with Crippen LogP contribution in [0.3, 0.4) is 0 Å². The summed E-state index contributed by atoms with van der Waals surface area (Å²) in [4.78, 5) is 18.7. The molecule has 0 aliphatic heterocycles. The van der Waals surface area contributed by atoms with Crippen LogP contribution in [0.15, 0.2) is 58.9 Å². The SMILES string of the molecule is CC(C)n1ncc2c(C(=O)Nc3cccc(S(N)(=O)=O)c3)cc(-c3cccs3)nc21. The topological polar surface area (TPSA) is 120 Å². The first-order chi connectivity index (χ1) is 14.2. The van der Waals surface area contributed by atoms with Crippen molar-refractivity contribution >= 4 is 44.0 Å². The molecule has 154 valence electrons. The number of hydrogen-bond donors (Lipinski definition) is 2. The van der Waals surface area contributed by atoms with E-state index >= 15 is 0 Å². The minimum absolute atomic E-state index is 0.0657. The molecular formula is C20H19N5O3S2. The van der Waals surface area contributed by atoms with Gasteiger partial charge in [0.2, 0.25) is 10.0 Å². The Kier molecular flexibility index (Phi) is 5.14. The Morgan fingerprint density at radius 1 is 1.20 bits per heavy atom. The number of anilines is 1. The molecule has 0 unspecified atom stereocenters. The van der Waals surface area contributed by atoms with Crippen molar-refractivity contribution in [2.24, 2.45) is 5.14 Å². The molecule has 4 rings (SSSR count). The molecule has 4 aromatic rings. The average molecular weight is 442 g/mol. The van der Waals surface area contributed by atoms with Crippen LogP contribution >= 0.6 is 11.3 Å². The van der Waals surface area contributed by atoms with Crippen LogP contribution in [0.4, 0.5) is 5.69 Å². The van der Waals surface area contributed by atoms with E-state index in [9.17, 15) is 13.2 Å². The number of carbonyl (C=O) groups is 1. The van der Waals surface area contributed by atoms with Gasteiger partial charge in [-0.1, -0.05) is 12.1 Å². The maximum absolute atomic E-state index is 13.1. The number of carbonyl (C=O) groups excluding carboxylic acids is 1. The van der Waals surface area contributed by atoms with E-state index in [2.05, 4.69) is 10.4 Å². The van der Waals surface area contributed by atoms with Gasteiger partial charge >= 0.3 is 0 Å². The quantitative estimate of drug-likeness (QED) is 0.490. The highest BCUT2D eigenvalue weighted by Gasteiger charge is 2.19. The van der Waals surface area contributed by atoms with Gasteiger partial charge in [0.1, 0.15) is 0 Å². The number of sulfonamides is 1. The number of thiophene rings is 1. The number of benzene rings is 1. The molecule has 0 aliphatic rings. The Balaban J connectivity index is 1.81. The van der Waals surface area contributed by atoms with Crippen molar-refractivity contribution in [3.63, 3.8) is 0 Å². The Hall–Kier alpha value is -3.08. The molecule has 0 fully saturated rings. The lowest BCUT2D eigenvalue weighted by Gasteiger charge is -2.11. The third kappa shape index (κ3) is 3.84. The van der Waals surface area contributed by atoms with Gasteiger partial charge in [-0.25, -0.2) is 23.2 Å². The highest BCUT2D eigenvalue weighted by molar-refractivity contribution is 7.89. The van der Waals surface area contributed by atoms with E-state index in [0.717, 1.165) is 4.88 Å². The number of primary sulfonamides is 1. The van der Waals surface area contributed by atoms with Crippen molar-refractivity contribution in [1.29, 1.82) is 0 Å². The van der Waals surface area contributed by atoms with Crippen LogP contribution in [0.25, 0.3) is 21.6 Å². The molecule has 0 saturated carbocycles. The molecule has 8 nitrogen and oxygen atoms in total. The van der Waals surface area contributed by atoms with Crippen LogP contribution in [0.2, 0.25) is 0 Å². The number of hydrogen-bond acceptors (Lipinski definition) is 6. The number of nitrogens with zero attached hydrogens (tertiary/aromatic N) is 3. The third-order valence-electron chi connectivity index (χ3n) is 4.49. The summed E-state index contributed by atoms with van der Waals surface area (Å²) in [5.74, 6) is -0.393. The van der Waals surface area contributed by atoms with Crippen LogP contribution in [0, 0.1) is 0 Å². The first-order valence-corrected chi connectivity index (χ1v) is 11.5. The lowest BCUT2D eigenvalue weighted by Crippen LogP contribution is -2.15. The first-order valence-electron chi connectivity index (χ1n) is 9.10. The number of nitrogens with one attached hydrogen (secondary N) is 1. The highest BCUT2D eigenvalue weighted by Crippen LogP contribution is 2.29. The fourth-order valence-electron chi connectivity index (χ4n) is 3.08. The fraction of sp³-hybridized carbons (Fsp3) is 0.150. The lowest BCUT2D eigenvalue weighted by atomic mass is 10.1. The molecule has 0 bridgehead atoms. The van der Waals surface area contributed by atoms with Crippen LogP contribution < -0.4 is 10.5 Å². The van der Waals surface area contributed by atoms with Gasteiger partial charge in [-0.05, 0) is 49.6 Å². The number of aromatic nitrogens is 3. The molecular weight excluding hydrogens is 422 g/mol. The van der Waals surface area contributed by atoms with Crippen molar-refractivity contribution < 1.29 is 13.2 Å². The van der Waals surface area contributed by atoms with Crippen LogP contribution in [-0.2, 0) is 10.0 Å². The zero-order chi connectivity index (χ0) is 21.5. The van der Waals surface area contributed by atoms with Crippen LogP contribution in [-0.4, -0.2) is 29.1 Å². The second-order valence-electron chi connectivity index (χ2n) is 6.98. The van der Waals surface area contributed by atoms with E-state index < -0.39 is 15.9 Å². The zero-order valence-electron chi connectivity index (χ0n) is 16.2. The van der Waals surface area contributed by atoms with Gasteiger partial charge in [0.05, 0.1) is 32.6 Å². The molecule has 0 radical (unpaired) electrons. The van der Waals surface area contributed by atoms with Crippen LogP contribution in [0.5, 0.6) is 0 Å². The van der Waals surface area contributed by atoms with Gasteiger partial charge in [0.25, 0.3) is 5.91 Å². The number of rotatable bonds is 5. The van der Waals surface area contributed by atoms with Gasteiger partial charge < -0.3 is 5.32 Å². The predicted molar refractivity (Wildman–Crippen MR) is 117 cm³/mol. The molecule has 3 heterocycles. The summed E-state index contributed by atoms with van der Waals surface area (Å²) in [7, 11) is -3.88. The Morgan fingerprint density at radius 3 is 2.67 bits per heavy atom. The fourth-order valence-corrected chi connectivity index (χ4v) is 4.33. The molecule has 0 saturated heterocycles. The molecule has 3 N–H and O–H groups in total. The normalized spacial score (nSPS) is 11.9. The van der Waals surface area contributed by atoms with Gasteiger partial charge in [-0.3, -0.25) is 4.79 Å². The molecule has 10 heteroatoms. The predicted octanol–water partition coefficient (Wildman–Crippen LogP) is 3.64. The molecule has 30 heavy (non-hydrogen) atoms.